The van der Waals surface area contributed by atoms with E-state index in [1.165, 1.54) is 23.5 Å². The molecular weight excluding hydrogens is 379 g/mol. The summed E-state index contributed by atoms with van der Waals surface area (Å²) in [5.41, 5.74) is -0.483. The smallest absolute Gasteiger partial charge is 0.323 e. The van der Waals surface area contributed by atoms with Crippen LogP contribution < -0.4 is 5.32 Å². The molecule has 0 spiro atoms. The summed E-state index contributed by atoms with van der Waals surface area (Å²) >= 11 is 1.26. The highest BCUT2D eigenvalue weighted by atomic mass is 32.1. The van der Waals surface area contributed by atoms with Gasteiger partial charge in [-0.05, 0) is 37.8 Å². The molecule has 1 aromatic heterocycles. The third kappa shape index (κ3) is 3.20. The fourth-order valence-corrected chi connectivity index (χ4v) is 4.09. The van der Waals surface area contributed by atoms with Crippen molar-refractivity contribution < 1.29 is 22.8 Å². The Morgan fingerprint density at radius 1 is 1.26 bits per heavy atom. The first-order valence-electron chi connectivity index (χ1n) is 8.44. The lowest BCUT2D eigenvalue weighted by Crippen LogP contribution is -2.46. The molecule has 0 unspecified atom stereocenters. The molecule has 0 bridgehead atoms. The largest absolute Gasteiger partial charge is 0.416 e. The van der Waals surface area contributed by atoms with Gasteiger partial charge in [0, 0.05) is 10.9 Å². The molecule has 4 rings (SSSR count). The number of benzene rings is 1. The third-order valence-electron chi connectivity index (χ3n) is 5.03. The first-order valence-corrected chi connectivity index (χ1v) is 9.32. The number of hydrogen-bond donors (Lipinski definition) is 1. The topological polar surface area (TPSA) is 62.3 Å². The van der Waals surface area contributed by atoms with Gasteiger partial charge in [-0.1, -0.05) is 12.1 Å². The molecule has 1 N–H and O–H groups in total. The maximum atomic E-state index is 12.7. The number of nitrogens with one attached hydrogen (secondary N) is 1. The number of thiazole rings is 1. The van der Waals surface area contributed by atoms with Gasteiger partial charge in [-0.25, -0.2) is 9.78 Å². The molecule has 1 saturated heterocycles. The van der Waals surface area contributed by atoms with Crippen LogP contribution in [-0.2, 0) is 17.5 Å². The molecule has 1 saturated carbocycles. The predicted octanol–water partition coefficient (Wildman–Crippen LogP) is 4.05. The van der Waals surface area contributed by atoms with Gasteiger partial charge in [-0.3, -0.25) is 9.69 Å². The number of carbonyl (C=O) groups is 2. The van der Waals surface area contributed by atoms with Crippen molar-refractivity contribution in [2.45, 2.75) is 38.0 Å². The SMILES string of the molecule is C[C@]1(C2CC2)NC(=O)N(Cc2csc(-c3ccc(C(F)(F)F)cc3)n2)C1=O. The number of imide groups is 1. The van der Waals surface area contributed by atoms with E-state index in [1.807, 2.05) is 0 Å². The van der Waals surface area contributed by atoms with E-state index in [0.717, 1.165) is 29.9 Å². The summed E-state index contributed by atoms with van der Waals surface area (Å²) in [4.78, 5) is 30.4. The Bertz CT molecular complexity index is 905. The Kier molecular flexibility index (Phi) is 4.03. The second-order valence-electron chi connectivity index (χ2n) is 7.02. The number of urea groups is 1. The Hall–Kier alpha value is -2.42. The first-order chi connectivity index (χ1) is 12.7. The molecular formula is C18H16F3N3O2S. The van der Waals surface area contributed by atoms with Gasteiger partial charge in [0.1, 0.15) is 10.5 Å². The van der Waals surface area contributed by atoms with Gasteiger partial charge in [0.15, 0.2) is 0 Å². The van der Waals surface area contributed by atoms with Gasteiger partial charge in [-0.15, -0.1) is 11.3 Å². The van der Waals surface area contributed by atoms with Gasteiger partial charge in [0.05, 0.1) is 17.8 Å². The quantitative estimate of drug-likeness (QED) is 0.795. The van der Waals surface area contributed by atoms with Crippen molar-refractivity contribution in [1.29, 1.82) is 0 Å². The summed E-state index contributed by atoms with van der Waals surface area (Å²) in [6, 6.07) is 4.31. The second kappa shape index (κ2) is 6.05. The van der Waals surface area contributed by atoms with Crippen LogP contribution in [0.5, 0.6) is 0 Å². The summed E-state index contributed by atoms with van der Waals surface area (Å²) in [5, 5.41) is 5.02. The standard InChI is InChI=1S/C18H16F3N3O2S/c1-17(11-6-7-11)15(25)24(16(26)23-17)8-13-9-27-14(22-13)10-2-4-12(5-3-10)18(19,20)21/h2-5,9,11H,6-8H2,1H3,(H,23,26)/t17-/m1/s1. The maximum Gasteiger partial charge on any atom is 0.416 e. The molecule has 142 valence electrons. The molecule has 1 aliphatic carbocycles. The van der Waals surface area contributed by atoms with Crippen LogP contribution >= 0.6 is 11.3 Å². The molecule has 1 aliphatic heterocycles. The van der Waals surface area contributed by atoms with Crippen LogP contribution in [0.2, 0.25) is 0 Å². The average Bonchev–Trinajstić information content (AvgIpc) is 3.33. The number of hydrogen-bond acceptors (Lipinski definition) is 4. The minimum atomic E-state index is -4.38. The number of nitrogens with zero attached hydrogens (tertiary/aromatic N) is 2. The summed E-state index contributed by atoms with van der Waals surface area (Å²) in [7, 11) is 0. The molecule has 27 heavy (non-hydrogen) atoms. The van der Waals surface area contributed by atoms with Crippen molar-refractivity contribution in [1.82, 2.24) is 15.2 Å². The van der Waals surface area contributed by atoms with Gasteiger partial charge in [-0.2, -0.15) is 13.2 Å². The van der Waals surface area contributed by atoms with Gasteiger partial charge < -0.3 is 5.32 Å². The van der Waals surface area contributed by atoms with Crippen molar-refractivity contribution in [3.8, 4) is 10.6 Å². The zero-order valence-electron chi connectivity index (χ0n) is 14.3. The molecule has 2 aromatic rings. The number of amides is 3. The van der Waals surface area contributed by atoms with Crippen molar-refractivity contribution in [3.05, 3.63) is 40.9 Å². The first kappa shape index (κ1) is 18.0. The minimum Gasteiger partial charge on any atom is -0.323 e. The predicted molar refractivity (Wildman–Crippen MR) is 92.8 cm³/mol. The minimum absolute atomic E-state index is 0.0457. The lowest BCUT2D eigenvalue weighted by atomic mass is 9.96. The van der Waals surface area contributed by atoms with E-state index in [-0.39, 0.29) is 18.4 Å². The second-order valence-corrected chi connectivity index (χ2v) is 7.88. The molecule has 2 aliphatic rings. The van der Waals surface area contributed by atoms with Crippen LogP contribution in [0.1, 0.15) is 31.0 Å². The summed E-state index contributed by atoms with van der Waals surface area (Å²) in [5.74, 6) is -0.0730. The summed E-state index contributed by atoms with van der Waals surface area (Å²) in [6.07, 6.45) is -2.54. The van der Waals surface area contributed by atoms with Crippen LogP contribution in [0.25, 0.3) is 10.6 Å². The maximum absolute atomic E-state index is 12.7. The van der Waals surface area contributed by atoms with E-state index < -0.39 is 23.3 Å². The van der Waals surface area contributed by atoms with E-state index in [4.69, 9.17) is 0 Å². The molecule has 9 heteroatoms. The van der Waals surface area contributed by atoms with Crippen molar-refractivity contribution in [2.24, 2.45) is 5.92 Å². The summed E-state index contributed by atoms with van der Waals surface area (Å²) in [6.45, 7) is 1.80. The Morgan fingerprint density at radius 2 is 1.93 bits per heavy atom. The average molecular weight is 395 g/mol. The number of halogens is 3. The van der Waals surface area contributed by atoms with Crippen LogP contribution in [0, 0.1) is 5.92 Å². The van der Waals surface area contributed by atoms with Crippen molar-refractivity contribution >= 4 is 23.3 Å². The number of alkyl halides is 3. The highest BCUT2D eigenvalue weighted by Gasteiger charge is 2.55. The molecule has 0 radical (unpaired) electrons. The van der Waals surface area contributed by atoms with Crippen molar-refractivity contribution in [2.75, 3.05) is 0 Å². The Morgan fingerprint density at radius 3 is 2.52 bits per heavy atom. The highest BCUT2D eigenvalue weighted by Crippen LogP contribution is 2.43. The Balaban J connectivity index is 1.50. The molecule has 1 atom stereocenters. The molecule has 2 heterocycles. The van der Waals surface area contributed by atoms with E-state index in [2.05, 4.69) is 10.3 Å². The van der Waals surface area contributed by atoms with E-state index in [1.54, 1.807) is 12.3 Å². The van der Waals surface area contributed by atoms with Crippen LogP contribution in [0.15, 0.2) is 29.6 Å². The van der Waals surface area contributed by atoms with Gasteiger partial charge in [0.25, 0.3) is 5.91 Å². The Labute approximate surface area is 157 Å². The van der Waals surface area contributed by atoms with Gasteiger partial charge >= 0.3 is 12.2 Å². The van der Waals surface area contributed by atoms with Gasteiger partial charge in [0.2, 0.25) is 0 Å². The lowest BCUT2D eigenvalue weighted by Gasteiger charge is -2.20. The lowest BCUT2D eigenvalue weighted by molar-refractivity contribution is -0.137. The number of rotatable bonds is 4. The summed E-state index contributed by atoms with van der Waals surface area (Å²) < 4.78 is 38.0. The van der Waals surface area contributed by atoms with Crippen LogP contribution in [0.3, 0.4) is 0 Å². The van der Waals surface area contributed by atoms with Crippen molar-refractivity contribution in [3.63, 3.8) is 0 Å². The fourth-order valence-electron chi connectivity index (χ4n) is 3.27. The van der Waals surface area contributed by atoms with E-state index in [9.17, 15) is 22.8 Å². The zero-order chi connectivity index (χ0) is 19.4. The number of carbonyl (C=O) groups excluding carboxylic acids is 2. The molecule has 1 aromatic carbocycles. The fraction of sp³-hybridized carbons (Fsp3) is 0.389. The van der Waals surface area contributed by atoms with Crippen LogP contribution in [0.4, 0.5) is 18.0 Å². The highest BCUT2D eigenvalue weighted by molar-refractivity contribution is 7.13. The number of aromatic nitrogens is 1. The van der Waals surface area contributed by atoms with Crippen LogP contribution in [-0.4, -0.2) is 27.4 Å². The van der Waals surface area contributed by atoms with E-state index in [0.29, 0.717) is 16.3 Å². The molecule has 5 nitrogen and oxygen atoms in total. The normalized spacial score (nSPS) is 23.0. The third-order valence-corrected chi connectivity index (χ3v) is 5.97. The zero-order valence-corrected chi connectivity index (χ0v) is 15.2. The van der Waals surface area contributed by atoms with E-state index >= 15 is 0 Å². The molecule has 3 amide bonds. The monoisotopic (exact) mass is 395 g/mol. The molecule has 2 fully saturated rings.